The molecule has 1 aromatic heterocycles. The van der Waals surface area contributed by atoms with E-state index in [0.29, 0.717) is 0 Å². The summed E-state index contributed by atoms with van der Waals surface area (Å²) in [5, 5.41) is 3.53. The fraction of sp³-hybridized carbons (Fsp3) is 0.450. The van der Waals surface area contributed by atoms with Gasteiger partial charge in [-0.1, -0.05) is 12.1 Å². The molecule has 0 bridgehead atoms. The minimum absolute atomic E-state index is 0.888. The van der Waals surface area contributed by atoms with Gasteiger partial charge in [0.05, 0.1) is 7.11 Å². The van der Waals surface area contributed by atoms with Gasteiger partial charge >= 0.3 is 0 Å². The van der Waals surface area contributed by atoms with Crippen LogP contribution in [0.15, 0.2) is 42.6 Å². The van der Waals surface area contributed by atoms with Crippen LogP contribution in [0.1, 0.15) is 30.4 Å². The molecule has 1 fully saturated rings. The lowest BCUT2D eigenvalue weighted by Crippen LogP contribution is -2.30. The molecule has 4 nitrogen and oxygen atoms in total. The molecule has 0 saturated carbocycles. The van der Waals surface area contributed by atoms with Gasteiger partial charge in [0.15, 0.2) is 0 Å². The second-order valence-corrected chi connectivity index (χ2v) is 6.34. The zero-order chi connectivity index (χ0) is 16.6. The summed E-state index contributed by atoms with van der Waals surface area (Å²) in [5.41, 5.74) is 2.63. The van der Waals surface area contributed by atoms with Crippen molar-refractivity contribution in [3.63, 3.8) is 0 Å². The molecular weight excluding hydrogens is 298 g/mol. The molecule has 0 radical (unpaired) electrons. The van der Waals surface area contributed by atoms with E-state index in [-0.39, 0.29) is 0 Å². The summed E-state index contributed by atoms with van der Waals surface area (Å²) in [6.07, 6.45) is 6.87. The van der Waals surface area contributed by atoms with E-state index in [2.05, 4.69) is 39.5 Å². The first-order valence-electron chi connectivity index (χ1n) is 8.89. The van der Waals surface area contributed by atoms with Gasteiger partial charge in [0.1, 0.15) is 11.6 Å². The number of piperidine rings is 1. The Kier molecular flexibility index (Phi) is 6.07. The molecular formula is C20H27N3O. The Hall–Kier alpha value is -2.07. The van der Waals surface area contributed by atoms with Crippen molar-refractivity contribution in [3.05, 3.63) is 53.7 Å². The smallest absolute Gasteiger partial charge is 0.128 e. The molecule has 128 valence electrons. The highest BCUT2D eigenvalue weighted by atomic mass is 16.5. The molecule has 0 amide bonds. The van der Waals surface area contributed by atoms with Gasteiger partial charge in [-0.25, -0.2) is 4.98 Å². The number of rotatable bonds is 7. The molecule has 24 heavy (non-hydrogen) atoms. The summed E-state index contributed by atoms with van der Waals surface area (Å²) in [7, 11) is 1.70. The predicted octanol–water partition coefficient (Wildman–Crippen LogP) is 3.41. The zero-order valence-corrected chi connectivity index (χ0v) is 14.5. The van der Waals surface area contributed by atoms with Crippen LogP contribution >= 0.6 is 0 Å². The van der Waals surface area contributed by atoms with Crippen LogP contribution in [0.4, 0.5) is 5.82 Å². The fourth-order valence-electron chi connectivity index (χ4n) is 3.12. The molecule has 0 atom stereocenters. The Balaban J connectivity index is 1.45. The van der Waals surface area contributed by atoms with E-state index in [0.717, 1.165) is 44.2 Å². The minimum atomic E-state index is 0.888. The van der Waals surface area contributed by atoms with E-state index < -0.39 is 0 Å². The summed E-state index contributed by atoms with van der Waals surface area (Å²) in [6, 6.07) is 12.6. The van der Waals surface area contributed by atoms with Crippen molar-refractivity contribution in [1.82, 2.24) is 10.3 Å². The zero-order valence-electron chi connectivity index (χ0n) is 14.5. The van der Waals surface area contributed by atoms with Gasteiger partial charge in [-0.2, -0.15) is 0 Å². The van der Waals surface area contributed by atoms with Gasteiger partial charge in [0.2, 0.25) is 0 Å². The van der Waals surface area contributed by atoms with Crippen molar-refractivity contribution in [3.8, 4) is 5.75 Å². The third-order valence-electron chi connectivity index (χ3n) is 4.57. The number of hydrogen-bond acceptors (Lipinski definition) is 4. The van der Waals surface area contributed by atoms with Gasteiger partial charge in [-0.3, -0.25) is 0 Å². The number of benzene rings is 1. The molecule has 2 aromatic rings. The number of nitrogens with zero attached hydrogens (tertiary/aromatic N) is 2. The van der Waals surface area contributed by atoms with Crippen LogP contribution in [0.5, 0.6) is 5.75 Å². The molecule has 1 aromatic carbocycles. The molecule has 1 N–H and O–H groups in total. The van der Waals surface area contributed by atoms with Crippen LogP contribution in [0.3, 0.4) is 0 Å². The summed E-state index contributed by atoms with van der Waals surface area (Å²) in [5.74, 6) is 2.04. The summed E-state index contributed by atoms with van der Waals surface area (Å²) in [4.78, 5) is 6.95. The number of aromatic nitrogens is 1. The van der Waals surface area contributed by atoms with E-state index in [1.165, 1.54) is 30.4 Å². The lowest BCUT2D eigenvalue weighted by atomic mass is 10.1. The molecule has 0 spiro atoms. The van der Waals surface area contributed by atoms with Crippen LogP contribution in [0.25, 0.3) is 0 Å². The summed E-state index contributed by atoms with van der Waals surface area (Å²) < 4.78 is 5.19. The first-order valence-corrected chi connectivity index (χ1v) is 8.89. The summed E-state index contributed by atoms with van der Waals surface area (Å²) in [6.45, 7) is 4.13. The first-order chi connectivity index (χ1) is 11.8. The highest BCUT2D eigenvalue weighted by Crippen LogP contribution is 2.18. The third-order valence-corrected chi connectivity index (χ3v) is 4.57. The standard InChI is InChI=1S/C20H27N3O/c1-24-19-7-5-17(6-8-19)9-11-21-16-18-10-12-22-20(15-18)23-13-3-2-4-14-23/h5-8,10,12,15,21H,2-4,9,11,13-14,16H2,1H3. The maximum Gasteiger partial charge on any atom is 0.128 e. The molecule has 3 rings (SSSR count). The Labute approximate surface area is 144 Å². The number of ether oxygens (including phenoxy) is 1. The van der Waals surface area contributed by atoms with Gasteiger partial charge in [-0.05, 0) is 67.6 Å². The van der Waals surface area contributed by atoms with E-state index in [1.807, 2.05) is 18.3 Å². The lowest BCUT2D eigenvalue weighted by Gasteiger charge is -2.27. The molecule has 1 aliphatic rings. The van der Waals surface area contributed by atoms with Crippen LogP contribution in [-0.4, -0.2) is 31.7 Å². The topological polar surface area (TPSA) is 37.4 Å². The van der Waals surface area contributed by atoms with E-state index >= 15 is 0 Å². The van der Waals surface area contributed by atoms with Crippen LogP contribution in [0.2, 0.25) is 0 Å². The molecule has 2 heterocycles. The number of methoxy groups -OCH3 is 1. The van der Waals surface area contributed by atoms with Gasteiger partial charge in [-0.15, -0.1) is 0 Å². The largest absolute Gasteiger partial charge is 0.497 e. The average molecular weight is 325 g/mol. The number of anilines is 1. The van der Waals surface area contributed by atoms with Crippen LogP contribution in [0, 0.1) is 0 Å². The minimum Gasteiger partial charge on any atom is -0.497 e. The first kappa shape index (κ1) is 16.8. The Bertz CT molecular complexity index is 621. The second-order valence-electron chi connectivity index (χ2n) is 6.34. The van der Waals surface area contributed by atoms with E-state index in [1.54, 1.807) is 7.11 Å². The Morgan fingerprint density at radius 1 is 1.04 bits per heavy atom. The van der Waals surface area contributed by atoms with E-state index in [9.17, 15) is 0 Å². The van der Waals surface area contributed by atoms with E-state index in [4.69, 9.17) is 4.74 Å². The normalized spacial score (nSPS) is 14.6. The third kappa shape index (κ3) is 4.71. The molecule has 0 aliphatic carbocycles. The highest BCUT2D eigenvalue weighted by molar-refractivity contribution is 5.41. The molecule has 1 saturated heterocycles. The fourth-order valence-corrected chi connectivity index (χ4v) is 3.12. The number of nitrogens with one attached hydrogen (secondary N) is 1. The van der Waals surface area contributed by atoms with Crippen molar-refractivity contribution in [2.24, 2.45) is 0 Å². The van der Waals surface area contributed by atoms with Crippen molar-refractivity contribution >= 4 is 5.82 Å². The summed E-state index contributed by atoms with van der Waals surface area (Å²) >= 11 is 0. The van der Waals surface area contributed by atoms with Crippen LogP contribution in [-0.2, 0) is 13.0 Å². The molecule has 0 unspecified atom stereocenters. The van der Waals surface area contributed by atoms with Gasteiger partial charge in [0, 0.05) is 25.8 Å². The Morgan fingerprint density at radius 2 is 1.83 bits per heavy atom. The number of pyridine rings is 1. The van der Waals surface area contributed by atoms with Gasteiger partial charge < -0.3 is 15.0 Å². The van der Waals surface area contributed by atoms with Crippen molar-refractivity contribution in [2.75, 3.05) is 31.6 Å². The lowest BCUT2D eigenvalue weighted by molar-refractivity contribution is 0.414. The predicted molar refractivity (Wildman–Crippen MR) is 98.7 cm³/mol. The monoisotopic (exact) mass is 325 g/mol. The maximum atomic E-state index is 5.19. The van der Waals surface area contributed by atoms with Crippen molar-refractivity contribution in [2.45, 2.75) is 32.2 Å². The molecule has 1 aliphatic heterocycles. The maximum absolute atomic E-state index is 5.19. The SMILES string of the molecule is COc1ccc(CCNCc2ccnc(N3CCCCC3)c2)cc1. The van der Waals surface area contributed by atoms with Crippen molar-refractivity contribution < 1.29 is 4.74 Å². The van der Waals surface area contributed by atoms with Crippen molar-refractivity contribution in [1.29, 1.82) is 0 Å². The van der Waals surface area contributed by atoms with Gasteiger partial charge in [0.25, 0.3) is 0 Å². The average Bonchev–Trinajstić information content (AvgIpc) is 2.67. The second kappa shape index (κ2) is 8.69. The quantitative estimate of drug-likeness (QED) is 0.792. The number of hydrogen-bond donors (Lipinski definition) is 1. The Morgan fingerprint density at radius 3 is 2.58 bits per heavy atom. The highest BCUT2D eigenvalue weighted by Gasteiger charge is 2.12. The van der Waals surface area contributed by atoms with Crippen LogP contribution < -0.4 is 15.0 Å². The molecule has 4 heteroatoms.